The molecule has 2 saturated carbocycles. The molecule has 6 atom stereocenters. The van der Waals surface area contributed by atoms with Gasteiger partial charge in [-0.25, -0.2) is 0 Å². The number of nitrogens with zero attached hydrogens (tertiary/aromatic N) is 2. The second kappa shape index (κ2) is 4.03. The zero-order valence-corrected chi connectivity index (χ0v) is 15.3. The first-order valence-corrected chi connectivity index (χ1v) is 9.84. The zero-order valence-electron chi connectivity index (χ0n) is 15.3. The number of anilines is 1. The number of hydrogen-bond donors (Lipinski definition) is 0. The SMILES string of the molecule is CC(=O)N1c2ccccc2C23CCN4CC=CC5(CC(C)C12C5C)C43. The van der Waals surface area contributed by atoms with Gasteiger partial charge in [-0.15, -0.1) is 0 Å². The van der Waals surface area contributed by atoms with Crippen LogP contribution in [0.15, 0.2) is 36.4 Å². The second-order valence-corrected chi connectivity index (χ2v) is 9.16. The molecule has 0 N–H and O–H groups in total. The van der Waals surface area contributed by atoms with Crippen LogP contribution in [-0.2, 0) is 10.2 Å². The van der Waals surface area contributed by atoms with Gasteiger partial charge in [-0.1, -0.05) is 44.2 Å². The lowest BCUT2D eigenvalue weighted by Crippen LogP contribution is -2.65. The van der Waals surface area contributed by atoms with Gasteiger partial charge in [0.1, 0.15) is 0 Å². The van der Waals surface area contributed by atoms with Gasteiger partial charge in [0.15, 0.2) is 0 Å². The Labute approximate surface area is 149 Å². The quantitative estimate of drug-likeness (QED) is 0.679. The number of fused-ring (bicyclic) bond motifs is 1. The number of carbonyl (C=O) groups is 1. The molecule has 6 rings (SSSR count). The highest BCUT2D eigenvalue weighted by Crippen LogP contribution is 2.80. The van der Waals surface area contributed by atoms with Crippen LogP contribution in [0.1, 0.15) is 39.2 Å². The number of benzene rings is 1. The zero-order chi connectivity index (χ0) is 17.2. The molecule has 25 heavy (non-hydrogen) atoms. The van der Waals surface area contributed by atoms with Crippen molar-refractivity contribution < 1.29 is 4.79 Å². The van der Waals surface area contributed by atoms with Gasteiger partial charge in [0.25, 0.3) is 0 Å². The number of para-hydroxylation sites is 1. The molecular formula is C22H26N2O. The van der Waals surface area contributed by atoms with E-state index < -0.39 is 0 Å². The van der Waals surface area contributed by atoms with Gasteiger partial charge in [0, 0.05) is 36.0 Å². The summed E-state index contributed by atoms with van der Waals surface area (Å²) in [5.74, 6) is 1.24. The van der Waals surface area contributed by atoms with Crippen LogP contribution in [0.2, 0.25) is 0 Å². The fourth-order valence-corrected chi connectivity index (χ4v) is 8.68. The monoisotopic (exact) mass is 334 g/mol. The first kappa shape index (κ1) is 14.5. The van der Waals surface area contributed by atoms with Gasteiger partial charge >= 0.3 is 0 Å². The standard InChI is InChI=1S/C22H26N2O/c1-14-13-20-9-6-11-23-12-10-21(19(20)23)17-7-4-5-8-18(17)24(16(3)25)22(14,21)15(20)2/h4-9,14-15,19H,10-13H2,1-3H3. The van der Waals surface area contributed by atoms with E-state index >= 15 is 0 Å². The molecule has 3 nitrogen and oxygen atoms in total. The van der Waals surface area contributed by atoms with E-state index in [-0.39, 0.29) is 22.3 Å². The molecule has 3 heterocycles. The molecular weight excluding hydrogens is 308 g/mol. The predicted octanol–water partition coefficient (Wildman–Crippen LogP) is 3.35. The Morgan fingerprint density at radius 3 is 2.84 bits per heavy atom. The molecule has 1 amide bonds. The Morgan fingerprint density at radius 1 is 1.24 bits per heavy atom. The summed E-state index contributed by atoms with van der Waals surface area (Å²) in [4.78, 5) is 18.0. The maximum absolute atomic E-state index is 13.0. The molecule has 0 radical (unpaired) electrons. The van der Waals surface area contributed by atoms with Crippen LogP contribution in [0.5, 0.6) is 0 Å². The van der Waals surface area contributed by atoms with Crippen LogP contribution in [0.4, 0.5) is 5.69 Å². The summed E-state index contributed by atoms with van der Waals surface area (Å²) in [5, 5.41) is 0. The van der Waals surface area contributed by atoms with E-state index in [2.05, 4.69) is 60.1 Å². The van der Waals surface area contributed by atoms with Crippen molar-refractivity contribution in [1.29, 1.82) is 0 Å². The highest BCUT2D eigenvalue weighted by atomic mass is 16.2. The molecule has 3 spiro atoms. The fourth-order valence-electron chi connectivity index (χ4n) is 8.68. The minimum Gasteiger partial charge on any atom is -0.305 e. The van der Waals surface area contributed by atoms with E-state index in [9.17, 15) is 4.79 Å². The molecule has 130 valence electrons. The van der Waals surface area contributed by atoms with E-state index in [1.165, 1.54) is 24.1 Å². The molecule has 1 aromatic rings. The average molecular weight is 334 g/mol. The normalized spacial score (nSPS) is 48.6. The van der Waals surface area contributed by atoms with Crippen molar-refractivity contribution in [3.63, 3.8) is 0 Å². The Kier molecular flexibility index (Phi) is 2.35. The van der Waals surface area contributed by atoms with Crippen molar-refractivity contribution in [1.82, 2.24) is 4.90 Å². The van der Waals surface area contributed by atoms with Crippen LogP contribution >= 0.6 is 0 Å². The predicted molar refractivity (Wildman–Crippen MR) is 98.5 cm³/mol. The van der Waals surface area contributed by atoms with E-state index in [4.69, 9.17) is 0 Å². The van der Waals surface area contributed by atoms with Gasteiger partial charge in [-0.05, 0) is 42.9 Å². The highest BCUT2D eigenvalue weighted by molar-refractivity contribution is 5.98. The molecule has 3 aliphatic heterocycles. The molecule has 1 aromatic carbocycles. The lowest BCUT2D eigenvalue weighted by Gasteiger charge is -2.53. The smallest absolute Gasteiger partial charge is 0.224 e. The third-order valence-corrected chi connectivity index (χ3v) is 8.80. The van der Waals surface area contributed by atoms with E-state index in [1.807, 2.05) is 0 Å². The molecule has 3 heteroatoms. The molecule has 0 aromatic heterocycles. The summed E-state index contributed by atoms with van der Waals surface area (Å²) < 4.78 is 0. The van der Waals surface area contributed by atoms with Crippen molar-refractivity contribution >= 4 is 11.6 Å². The minimum atomic E-state index is -0.0589. The lowest BCUT2D eigenvalue weighted by molar-refractivity contribution is -0.118. The Bertz CT molecular complexity index is 846. The van der Waals surface area contributed by atoms with Gasteiger partial charge in [0.05, 0.1) is 5.54 Å². The Morgan fingerprint density at radius 2 is 2.04 bits per heavy atom. The Hall–Kier alpha value is -1.61. The van der Waals surface area contributed by atoms with Crippen LogP contribution in [0.25, 0.3) is 0 Å². The van der Waals surface area contributed by atoms with Crippen LogP contribution < -0.4 is 4.90 Å². The van der Waals surface area contributed by atoms with Crippen LogP contribution in [0.3, 0.4) is 0 Å². The average Bonchev–Trinajstić information content (AvgIpc) is 3.22. The summed E-state index contributed by atoms with van der Waals surface area (Å²) in [6.07, 6.45) is 7.36. The summed E-state index contributed by atoms with van der Waals surface area (Å²) >= 11 is 0. The number of rotatable bonds is 0. The van der Waals surface area contributed by atoms with Crippen molar-refractivity contribution in [3.8, 4) is 0 Å². The topological polar surface area (TPSA) is 23.6 Å². The van der Waals surface area contributed by atoms with Crippen molar-refractivity contribution in [2.24, 2.45) is 17.3 Å². The van der Waals surface area contributed by atoms with E-state index in [0.29, 0.717) is 17.9 Å². The first-order valence-electron chi connectivity index (χ1n) is 9.84. The van der Waals surface area contributed by atoms with Crippen molar-refractivity contribution in [3.05, 3.63) is 42.0 Å². The minimum absolute atomic E-state index is 0.0589. The third kappa shape index (κ3) is 1.14. The highest BCUT2D eigenvalue weighted by Gasteiger charge is 2.86. The van der Waals surface area contributed by atoms with E-state index in [0.717, 1.165) is 13.1 Å². The van der Waals surface area contributed by atoms with Crippen molar-refractivity contribution in [2.75, 3.05) is 18.0 Å². The fraction of sp³-hybridized carbons (Fsp3) is 0.591. The maximum atomic E-state index is 13.0. The number of carbonyl (C=O) groups excluding carboxylic acids is 1. The number of amides is 1. The van der Waals surface area contributed by atoms with Crippen LogP contribution in [0, 0.1) is 17.3 Å². The maximum Gasteiger partial charge on any atom is 0.224 e. The summed E-state index contributed by atoms with van der Waals surface area (Å²) in [6.45, 7) is 8.88. The van der Waals surface area contributed by atoms with Gasteiger partial charge in [-0.2, -0.15) is 0 Å². The first-order chi connectivity index (χ1) is 12.0. The molecule has 2 bridgehead atoms. The summed E-state index contributed by atoms with van der Waals surface area (Å²) in [6, 6.07) is 9.37. The molecule has 5 aliphatic rings. The van der Waals surface area contributed by atoms with Crippen molar-refractivity contribution in [2.45, 2.75) is 50.6 Å². The molecule has 3 fully saturated rings. The number of hydrogen-bond acceptors (Lipinski definition) is 2. The molecule has 2 aliphatic carbocycles. The summed E-state index contributed by atoms with van der Waals surface area (Å²) in [7, 11) is 0. The molecule has 1 saturated heterocycles. The van der Waals surface area contributed by atoms with Gasteiger partial charge in [0.2, 0.25) is 5.91 Å². The van der Waals surface area contributed by atoms with Gasteiger partial charge in [-0.3, -0.25) is 9.69 Å². The third-order valence-electron chi connectivity index (χ3n) is 8.80. The Balaban J connectivity index is 1.77. The van der Waals surface area contributed by atoms with Crippen LogP contribution in [-0.4, -0.2) is 35.5 Å². The summed E-state index contributed by atoms with van der Waals surface area (Å²) in [5.41, 5.74) is 2.93. The largest absolute Gasteiger partial charge is 0.305 e. The van der Waals surface area contributed by atoms with Gasteiger partial charge < -0.3 is 4.90 Å². The lowest BCUT2D eigenvalue weighted by atomic mass is 9.57. The molecule has 6 unspecified atom stereocenters. The second-order valence-electron chi connectivity index (χ2n) is 9.16. The van der Waals surface area contributed by atoms with E-state index in [1.54, 1.807) is 6.92 Å².